The number of aromatic nitrogens is 2. The summed E-state index contributed by atoms with van der Waals surface area (Å²) in [6, 6.07) is 0. The van der Waals surface area contributed by atoms with Crippen molar-refractivity contribution in [2.45, 2.75) is 39.2 Å². The summed E-state index contributed by atoms with van der Waals surface area (Å²) < 4.78 is 2.30. The van der Waals surface area contributed by atoms with E-state index in [1.165, 1.54) is 11.5 Å². The second kappa shape index (κ2) is 4.13. The summed E-state index contributed by atoms with van der Waals surface area (Å²) in [4.78, 5) is 4.44. The third-order valence-electron chi connectivity index (χ3n) is 3.00. The molecule has 1 aromatic rings. The number of nitrogens with zero attached hydrogens (tertiary/aromatic N) is 2. The van der Waals surface area contributed by atoms with Crippen molar-refractivity contribution in [1.29, 1.82) is 0 Å². The summed E-state index contributed by atoms with van der Waals surface area (Å²) in [5.74, 6) is 1.63. The van der Waals surface area contributed by atoms with Gasteiger partial charge in [-0.2, -0.15) is 0 Å². The van der Waals surface area contributed by atoms with Crippen molar-refractivity contribution in [2.75, 3.05) is 6.61 Å². The van der Waals surface area contributed by atoms with E-state index in [1.807, 2.05) is 6.20 Å². The molecule has 2 heterocycles. The molecular formula is C11H18N2O. The fourth-order valence-corrected chi connectivity index (χ4v) is 2.15. The molecule has 3 heteroatoms. The fraction of sp³-hybridized carbons (Fsp3) is 0.727. The monoisotopic (exact) mass is 194 g/mol. The average molecular weight is 194 g/mol. The minimum Gasteiger partial charge on any atom is -0.396 e. The lowest BCUT2D eigenvalue weighted by atomic mass is 9.99. The van der Waals surface area contributed by atoms with Gasteiger partial charge in [0.25, 0.3) is 0 Å². The van der Waals surface area contributed by atoms with E-state index in [2.05, 4.69) is 16.5 Å². The van der Waals surface area contributed by atoms with Gasteiger partial charge in [-0.15, -0.1) is 0 Å². The summed E-state index contributed by atoms with van der Waals surface area (Å²) in [5, 5.41) is 9.14. The molecule has 0 amide bonds. The summed E-state index contributed by atoms with van der Waals surface area (Å²) in [6.07, 6.45) is 6.37. The largest absolute Gasteiger partial charge is 0.396 e. The zero-order chi connectivity index (χ0) is 9.97. The van der Waals surface area contributed by atoms with E-state index >= 15 is 0 Å². The standard InChI is InChI=1S/C11H18N2O/c1-2-3-11-12-6-10-5-4-9(8-14)7-13(10)11/h6,9,14H,2-5,7-8H2,1H3. The van der Waals surface area contributed by atoms with Crippen molar-refractivity contribution >= 4 is 0 Å². The van der Waals surface area contributed by atoms with Crippen LogP contribution in [0.1, 0.15) is 31.3 Å². The number of hydrogen-bond donors (Lipinski definition) is 1. The van der Waals surface area contributed by atoms with Gasteiger partial charge in [0.1, 0.15) is 5.82 Å². The molecule has 0 radical (unpaired) electrons. The summed E-state index contributed by atoms with van der Waals surface area (Å²) in [5.41, 5.74) is 1.35. The normalized spacial score (nSPS) is 20.9. The molecule has 1 aliphatic rings. The molecule has 1 aliphatic heterocycles. The second-order valence-electron chi connectivity index (χ2n) is 4.11. The SMILES string of the molecule is CCCc1ncc2n1CC(CO)CC2. The molecule has 0 saturated carbocycles. The molecule has 2 rings (SSSR count). The van der Waals surface area contributed by atoms with Crippen molar-refractivity contribution in [2.24, 2.45) is 5.92 Å². The Balaban J connectivity index is 2.19. The molecular weight excluding hydrogens is 176 g/mol. The molecule has 0 aromatic carbocycles. The van der Waals surface area contributed by atoms with Gasteiger partial charge < -0.3 is 9.67 Å². The molecule has 1 atom stereocenters. The van der Waals surface area contributed by atoms with Gasteiger partial charge in [-0.1, -0.05) is 6.92 Å². The lowest BCUT2D eigenvalue weighted by Crippen LogP contribution is -2.23. The topological polar surface area (TPSA) is 38.0 Å². The number of aryl methyl sites for hydroxylation is 2. The molecule has 14 heavy (non-hydrogen) atoms. The first-order chi connectivity index (χ1) is 6.85. The van der Waals surface area contributed by atoms with Gasteiger partial charge in [-0.05, 0) is 19.3 Å². The van der Waals surface area contributed by atoms with E-state index < -0.39 is 0 Å². The number of imidazole rings is 1. The minimum absolute atomic E-state index is 0.309. The predicted octanol–water partition coefficient (Wildman–Crippen LogP) is 1.39. The Bertz CT molecular complexity index is 306. The van der Waals surface area contributed by atoms with E-state index in [4.69, 9.17) is 5.11 Å². The van der Waals surface area contributed by atoms with Crippen LogP contribution in [0.15, 0.2) is 6.20 Å². The third-order valence-corrected chi connectivity index (χ3v) is 3.00. The van der Waals surface area contributed by atoms with E-state index in [-0.39, 0.29) is 0 Å². The van der Waals surface area contributed by atoms with E-state index in [9.17, 15) is 0 Å². The van der Waals surface area contributed by atoms with Gasteiger partial charge in [0.2, 0.25) is 0 Å². The molecule has 3 nitrogen and oxygen atoms in total. The molecule has 0 aliphatic carbocycles. The van der Waals surface area contributed by atoms with Crippen LogP contribution in [0.4, 0.5) is 0 Å². The van der Waals surface area contributed by atoms with Crippen molar-refractivity contribution in [1.82, 2.24) is 9.55 Å². The van der Waals surface area contributed by atoms with Crippen molar-refractivity contribution in [3.8, 4) is 0 Å². The highest BCUT2D eigenvalue weighted by Gasteiger charge is 2.20. The lowest BCUT2D eigenvalue weighted by molar-refractivity contribution is 0.190. The Morgan fingerprint density at radius 1 is 1.64 bits per heavy atom. The molecule has 0 bridgehead atoms. The molecule has 1 N–H and O–H groups in total. The van der Waals surface area contributed by atoms with Gasteiger partial charge in [-0.25, -0.2) is 4.98 Å². The van der Waals surface area contributed by atoms with Crippen LogP contribution in [0.25, 0.3) is 0 Å². The number of fused-ring (bicyclic) bond motifs is 1. The van der Waals surface area contributed by atoms with Gasteiger partial charge in [0.15, 0.2) is 0 Å². The van der Waals surface area contributed by atoms with Crippen molar-refractivity contribution in [3.63, 3.8) is 0 Å². The van der Waals surface area contributed by atoms with E-state index in [1.54, 1.807) is 0 Å². The van der Waals surface area contributed by atoms with Gasteiger partial charge in [-0.3, -0.25) is 0 Å². The maximum absolute atomic E-state index is 9.14. The first kappa shape index (κ1) is 9.71. The van der Waals surface area contributed by atoms with Gasteiger partial charge in [0, 0.05) is 37.4 Å². The highest BCUT2D eigenvalue weighted by molar-refractivity contribution is 5.08. The number of hydrogen-bond acceptors (Lipinski definition) is 2. The van der Waals surface area contributed by atoms with Crippen LogP contribution < -0.4 is 0 Å². The Morgan fingerprint density at radius 3 is 3.21 bits per heavy atom. The first-order valence-corrected chi connectivity index (χ1v) is 5.49. The Morgan fingerprint density at radius 2 is 2.50 bits per heavy atom. The molecule has 1 unspecified atom stereocenters. The summed E-state index contributed by atoms with van der Waals surface area (Å²) in [7, 11) is 0. The van der Waals surface area contributed by atoms with Crippen LogP contribution in [0.2, 0.25) is 0 Å². The van der Waals surface area contributed by atoms with Crippen LogP contribution in [0, 0.1) is 5.92 Å². The zero-order valence-electron chi connectivity index (χ0n) is 8.74. The Hall–Kier alpha value is -0.830. The summed E-state index contributed by atoms with van der Waals surface area (Å²) >= 11 is 0. The summed E-state index contributed by atoms with van der Waals surface area (Å²) in [6.45, 7) is 3.44. The van der Waals surface area contributed by atoms with E-state index in [0.29, 0.717) is 12.5 Å². The second-order valence-corrected chi connectivity index (χ2v) is 4.11. The Kier molecular flexibility index (Phi) is 2.87. The first-order valence-electron chi connectivity index (χ1n) is 5.49. The number of aliphatic hydroxyl groups is 1. The number of rotatable bonds is 3. The van der Waals surface area contributed by atoms with Crippen LogP contribution >= 0.6 is 0 Å². The molecule has 0 saturated heterocycles. The highest BCUT2D eigenvalue weighted by Crippen LogP contribution is 2.21. The van der Waals surface area contributed by atoms with Crippen molar-refractivity contribution < 1.29 is 5.11 Å². The quantitative estimate of drug-likeness (QED) is 0.789. The van der Waals surface area contributed by atoms with Crippen LogP contribution in [-0.2, 0) is 19.4 Å². The molecule has 0 fully saturated rings. The highest BCUT2D eigenvalue weighted by atomic mass is 16.3. The minimum atomic E-state index is 0.309. The van der Waals surface area contributed by atoms with Gasteiger partial charge in [0.05, 0.1) is 0 Å². The van der Waals surface area contributed by atoms with Crippen LogP contribution in [0.5, 0.6) is 0 Å². The molecule has 0 spiro atoms. The predicted molar refractivity (Wildman–Crippen MR) is 55.1 cm³/mol. The Labute approximate surface area is 84.8 Å². The molecule has 1 aromatic heterocycles. The maximum Gasteiger partial charge on any atom is 0.108 e. The number of aliphatic hydroxyl groups excluding tert-OH is 1. The van der Waals surface area contributed by atoms with Crippen molar-refractivity contribution in [3.05, 3.63) is 17.7 Å². The fourth-order valence-electron chi connectivity index (χ4n) is 2.15. The van der Waals surface area contributed by atoms with E-state index in [0.717, 1.165) is 32.2 Å². The zero-order valence-corrected chi connectivity index (χ0v) is 8.74. The average Bonchev–Trinajstić information content (AvgIpc) is 2.61. The van der Waals surface area contributed by atoms with Gasteiger partial charge >= 0.3 is 0 Å². The van der Waals surface area contributed by atoms with Crippen LogP contribution in [-0.4, -0.2) is 21.3 Å². The molecule has 78 valence electrons. The maximum atomic E-state index is 9.14. The third kappa shape index (κ3) is 1.69. The lowest BCUT2D eigenvalue weighted by Gasteiger charge is -2.23. The smallest absolute Gasteiger partial charge is 0.108 e. The van der Waals surface area contributed by atoms with Crippen LogP contribution in [0.3, 0.4) is 0 Å².